The predicted molar refractivity (Wildman–Crippen MR) is 30.2 cm³/mol. The van der Waals surface area contributed by atoms with Gasteiger partial charge in [-0.05, 0) is 12.1 Å². The van der Waals surface area contributed by atoms with E-state index in [1.54, 1.807) is 24.3 Å². The van der Waals surface area contributed by atoms with Gasteiger partial charge in [-0.3, -0.25) is 0 Å². The topological polar surface area (TPSA) is 20.2 Å². The summed E-state index contributed by atoms with van der Waals surface area (Å²) in [5.41, 5.74) is 0. The first-order valence-corrected chi connectivity index (χ1v) is 2.13. The van der Waals surface area contributed by atoms with Crippen LogP contribution in [0.15, 0.2) is 30.3 Å². The number of para-hydroxylation sites is 1. The first-order chi connectivity index (χ1) is 3.39. The molecular formula is C6H8O. The third kappa shape index (κ3) is 0.929. The van der Waals surface area contributed by atoms with Gasteiger partial charge < -0.3 is 5.11 Å². The molecule has 0 aromatic heterocycles. The highest BCUT2D eigenvalue weighted by Crippen LogP contribution is 2.02. The molecule has 1 rings (SSSR count). The van der Waals surface area contributed by atoms with Crippen LogP contribution in [0.1, 0.15) is 1.43 Å². The van der Waals surface area contributed by atoms with Crippen molar-refractivity contribution in [3.05, 3.63) is 30.3 Å². The zero-order chi connectivity index (χ0) is 5.11. The molecule has 0 radical (unpaired) electrons. The molecule has 0 atom stereocenters. The monoisotopic (exact) mass is 96.1 g/mol. The maximum Gasteiger partial charge on any atom is 0.115 e. The Kier molecular flexibility index (Phi) is 0.984. The molecule has 1 aromatic rings. The van der Waals surface area contributed by atoms with E-state index in [0.29, 0.717) is 5.75 Å². The summed E-state index contributed by atoms with van der Waals surface area (Å²) in [6.45, 7) is 0. The third-order valence-corrected chi connectivity index (χ3v) is 0.756. The molecule has 1 heteroatoms. The van der Waals surface area contributed by atoms with Gasteiger partial charge in [-0.25, -0.2) is 0 Å². The average Bonchev–Trinajstić information content (AvgIpc) is 1.69. The molecule has 0 aliphatic carbocycles. The average molecular weight is 96.1 g/mol. The maximum atomic E-state index is 8.63. The van der Waals surface area contributed by atoms with Crippen LogP contribution in [0.5, 0.6) is 5.75 Å². The highest BCUT2D eigenvalue weighted by Gasteiger charge is 1.74. The summed E-state index contributed by atoms with van der Waals surface area (Å²) in [5.74, 6) is 0.322. The number of hydrogen-bond acceptors (Lipinski definition) is 1. The second-order valence-corrected chi connectivity index (χ2v) is 1.34. The molecule has 38 valence electrons. The Morgan fingerprint density at radius 3 is 2.00 bits per heavy atom. The lowest BCUT2D eigenvalue weighted by atomic mass is 10.3. The quantitative estimate of drug-likeness (QED) is 0.520. The minimum absolute atomic E-state index is 0. The van der Waals surface area contributed by atoms with Crippen molar-refractivity contribution in [1.82, 2.24) is 0 Å². The predicted octanol–water partition coefficient (Wildman–Crippen LogP) is 1.64. The highest BCUT2D eigenvalue weighted by molar-refractivity contribution is 5.18. The maximum absolute atomic E-state index is 8.63. The number of benzene rings is 1. The van der Waals surface area contributed by atoms with Gasteiger partial charge in [0.1, 0.15) is 5.75 Å². The third-order valence-electron chi connectivity index (χ3n) is 0.756. The summed E-state index contributed by atoms with van der Waals surface area (Å²) in [7, 11) is 0. The van der Waals surface area contributed by atoms with Gasteiger partial charge in [0.05, 0.1) is 0 Å². The van der Waals surface area contributed by atoms with Crippen LogP contribution in [-0.2, 0) is 0 Å². The molecule has 0 saturated carbocycles. The van der Waals surface area contributed by atoms with E-state index in [-0.39, 0.29) is 1.43 Å². The number of rotatable bonds is 0. The van der Waals surface area contributed by atoms with E-state index in [4.69, 9.17) is 5.11 Å². The van der Waals surface area contributed by atoms with E-state index in [0.717, 1.165) is 0 Å². The van der Waals surface area contributed by atoms with Crippen LogP contribution in [0.3, 0.4) is 0 Å². The summed E-state index contributed by atoms with van der Waals surface area (Å²) in [4.78, 5) is 0. The van der Waals surface area contributed by atoms with Gasteiger partial charge in [-0.15, -0.1) is 0 Å². The Hall–Kier alpha value is -0.980. The summed E-state index contributed by atoms with van der Waals surface area (Å²) >= 11 is 0. The van der Waals surface area contributed by atoms with E-state index < -0.39 is 0 Å². The van der Waals surface area contributed by atoms with Crippen molar-refractivity contribution in [2.75, 3.05) is 0 Å². The van der Waals surface area contributed by atoms with Crippen LogP contribution in [0.25, 0.3) is 0 Å². The highest BCUT2D eigenvalue weighted by atomic mass is 16.3. The fraction of sp³-hybridized carbons (Fsp3) is 0. The van der Waals surface area contributed by atoms with Gasteiger partial charge in [0, 0.05) is 1.43 Å². The van der Waals surface area contributed by atoms with Crippen molar-refractivity contribution < 1.29 is 6.53 Å². The molecule has 1 aromatic carbocycles. The van der Waals surface area contributed by atoms with Crippen molar-refractivity contribution in [3.63, 3.8) is 0 Å². The molecule has 1 nitrogen and oxygen atoms in total. The van der Waals surface area contributed by atoms with E-state index in [2.05, 4.69) is 0 Å². The molecule has 1 N–H and O–H groups in total. The lowest BCUT2D eigenvalue weighted by Gasteiger charge is -1.82. The molecule has 0 aliphatic heterocycles. The van der Waals surface area contributed by atoms with Gasteiger partial charge in [0.2, 0.25) is 0 Å². The number of hydrogen-bond donors (Lipinski definition) is 1. The van der Waals surface area contributed by atoms with Gasteiger partial charge in [-0.1, -0.05) is 18.2 Å². The standard InChI is InChI=1S/C6H6O.H2/c7-6-4-2-1-3-5-6;/h1-5,7H;1H. The zero-order valence-corrected chi connectivity index (χ0v) is 3.83. The number of phenols is 1. The van der Waals surface area contributed by atoms with E-state index in [9.17, 15) is 0 Å². The second-order valence-electron chi connectivity index (χ2n) is 1.34. The van der Waals surface area contributed by atoms with Crippen molar-refractivity contribution in [3.8, 4) is 5.75 Å². The number of phenolic OH excluding ortho intramolecular Hbond substituents is 1. The van der Waals surface area contributed by atoms with Gasteiger partial charge in [-0.2, -0.15) is 0 Å². The molecule has 0 unspecified atom stereocenters. The minimum atomic E-state index is 0. The van der Waals surface area contributed by atoms with Gasteiger partial charge in [0.15, 0.2) is 0 Å². The fourth-order valence-corrected chi connectivity index (χ4v) is 0.428. The molecule has 0 heterocycles. The Morgan fingerprint density at radius 2 is 1.71 bits per heavy atom. The summed E-state index contributed by atoms with van der Waals surface area (Å²) < 4.78 is 0. The van der Waals surface area contributed by atoms with Crippen LogP contribution in [0, 0.1) is 0 Å². The first-order valence-electron chi connectivity index (χ1n) is 2.13. The van der Waals surface area contributed by atoms with Crippen molar-refractivity contribution in [2.24, 2.45) is 0 Å². The normalized spacial score (nSPS) is 8.57. The Labute approximate surface area is 43.7 Å². The van der Waals surface area contributed by atoms with Gasteiger partial charge >= 0.3 is 0 Å². The lowest BCUT2D eigenvalue weighted by molar-refractivity contribution is 0.475. The largest absolute Gasteiger partial charge is 0.508 e. The minimum Gasteiger partial charge on any atom is -0.508 e. The molecule has 0 saturated heterocycles. The van der Waals surface area contributed by atoms with E-state index >= 15 is 0 Å². The molecule has 0 amide bonds. The number of aromatic hydroxyl groups is 1. The van der Waals surface area contributed by atoms with Gasteiger partial charge in [0.25, 0.3) is 0 Å². The molecule has 0 aliphatic rings. The zero-order valence-electron chi connectivity index (χ0n) is 3.83. The molecule has 0 fully saturated rings. The van der Waals surface area contributed by atoms with Crippen LogP contribution in [0.2, 0.25) is 0 Å². The first kappa shape index (κ1) is 4.19. The molecule has 0 spiro atoms. The lowest BCUT2D eigenvalue weighted by Crippen LogP contribution is -1.56. The summed E-state index contributed by atoms with van der Waals surface area (Å²) in [5, 5.41) is 8.63. The summed E-state index contributed by atoms with van der Waals surface area (Å²) in [6, 6.07) is 8.71. The van der Waals surface area contributed by atoms with Crippen LogP contribution >= 0.6 is 0 Å². The SMILES string of the molecule is Oc1ccccc1.[HH]. The van der Waals surface area contributed by atoms with E-state index in [1.807, 2.05) is 6.07 Å². The van der Waals surface area contributed by atoms with Crippen LogP contribution in [-0.4, -0.2) is 5.11 Å². The fourth-order valence-electron chi connectivity index (χ4n) is 0.428. The Balaban J connectivity index is 0.000000490. The van der Waals surface area contributed by atoms with Crippen molar-refractivity contribution in [2.45, 2.75) is 0 Å². The molecular weight excluding hydrogens is 88.1 g/mol. The Morgan fingerprint density at radius 1 is 1.14 bits per heavy atom. The molecule has 7 heavy (non-hydrogen) atoms. The Bertz CT molecular complexity index is 138. The van der Waals surface area contributed by atoms with E-state index in [1.165, 1.54) is 0 Å². The molecule has 0 bridgehead atoms. The second kappa shape index (κ2) is 1.65. The van der Waals surface area contributed by atoms with Crippen LogP contribution in [0.4, 0.5) is 0 Å². The van der Waals surface area contributed by atoms with Crippen LogP contribution < -0.4 is 0 Å². The smallest absolute Gasteiger partial charge is 0.115 e. The summed E-state index contributed by atoms with van der Waals surface area (Å²) in [6.07, 6.45) is 0. The van der Waals surface area contributed by atoms with Crippen molar-refractivity contribution >= 4 is 0 Å². The van der Waals surface area contributed by atoms with Crippen molar-refractivity contribution in [1.29, 1.82) is 0 Å².